The molecule has 0 aromatic heterocycles. The van der Waals surface area contributed by atoms with E-state index in [0.717, 1.165) is 0 Å². The molecule has 0 bridgehead atoms. The monoisotopic (exact) mass is 209 g/mol. The lowest BCUT2D eigenvalue weighted by Gasteiger charge is -2.10. The number of hydrogen-bond donors (Lipinski definition) is 3. The fourth-order valence-electron chi connectivity index (χ4n) is 0.690. The Morgan fingerprint density at radius 3 is 2.31 bits per heavy atom. The van der Waals surface area contributed by atoms with Crippen LogP contribution in [0.1, 0.15) is 6.42 Å². The Labute approximate surface area is 77.4 Å². The van der Waals surface area contributed by atoms with E-state index < -0.39 is 28.9 Å². The summed E-state index contributed by atoms with van der Waals surface area (Å²) >= 11 is 0. The van der Waals surface area contributed by atoms with Crippen molar-refractivity contribution in [2.24, 2.45) is 0 Å². The van der Waals surface area contributed by atoms with Gasteiger partial charge < -0.3 is 15.5 Å². The number of hydrogen-bond acceptors (Lipinski definition) is 3. The maximum Gasteiger partial charge on any atom is 0.405 e. The van der Waals surface area contributed by atoms with Crippen LogP contribution < -0.4 is 5.32 Å². The first-order chi connectivity index (χ1) is 5.93. The summed E-state index contributed by atoms with van der Waals surface area (Å²) in [4.78, 5) is 20.5. The fourth-order valence-corrected chi connectivity index (χ4v) is 1.26. The van der Waals surface area contributed by atoms with E-state index in [-0.39, 0.29) is 12.2 Å². The molecule has 0 fully saturated rings. The third-order valence-corrected chi connectivity index (χ3v) is 2.10. The highest BCUT2D eigenvalue weighted by atomic mass is 32.2. The van der Waals surface area contributed by atoms with Crippen molar-refractivity contribution >= 4 is 22.9 Å². The standard InChI is InChI=1S/C6H11NO5S/c1-13(12)3-2-4(5(8)9)7-6(10)11/h4,7H,2-3H2,1H3,(H,8,9)(H,10,11). The predicted molar refractivity (Wildman–Crippen MR) is 46.1 cm³/mol. The molecular formula is C6H11NO5S. The van der Waals surface area contributed by atoms with Gasteiger partial charge in [-0.15, -0.1) is 0 Å². The number of aliphatic carboxylic acids is 1. The van der Waals surface area contributed by atoms with E-state index >= 15 is 0 Å². The molecule has 0 heterocycles. The summed E-state index contributed by atoms with van der Waals surface area (Å²) in [6.07, 6.45) is 0.0685. The molecule has 76 valence electrons. The molecule has 2 atom stereocenters. The van der Waals surface area contributed by atoms with E-state index in [2.05, 4.69) is 0 Å². The van der Waals surface area contributed by atoms with Crippen LogP contribution in [0.5, 0.6) is 0 Å². The SMILES string of the molecule is CS(=O)CCC(NC(=O)O)C(=O)O. The molecule has 0 aliphatic rings. The molecule has 0 spiro atoms. The van der Waals surface area contributed by atoms with Gasteiger partial charge >= 0.3 is 12.1 Å². The first-order valence-electron chi connectivity index (χ1n) is 3.45. The Bertz CT molecular complexity index is 229. The van der Waals surface area contributed by atoms with Gasteiger partial charge in [0.1, 0.15) is 6.04 Å². The van der Waals surface area contributed by atoms with Crippen LogP contribution in [0.15, 0.2) is 0 Å². The van der Waals surface area contributed by atoms with Crippen LogP contribution in [0.3, 0.4) is 0 Å². The van der Waals surface area contributed by atoms with Gasteiger partial charge in [-0.2, -0.15) is 0 Å². The Hall–Kier alpha value is -1.11. The summed E-state index contributed by atoms with van der Waals surface area (Å²) in [6, 6.07) is -1.18. The van der Waals surface area contributed by atoms with Crippen LogP contribution >= 0.6 is 0 Å². The Morgan fingerprint density at radius 1 is 1.46 bits per heavy atom. The number of rotatable bonds is 5. The minimum atomic E-state index is -1.39. The van der Waals surface area contributed by atoms with Gasteiger partial charge in [0.25, 0.3) is 0 Å². The molecular weight excluding hydrogens is 198 g/mol. The number of carboxylic acids is 1. The smallest absolute Gasteiger partial charge is 0.405 e. The van der Waals surface area contributed by atoms with E-state index in [4.69, 9.17) is 10.2 Å². The van der Waals surface area contributed by atoms with Crippen molar-refractivity contribution in [3.05, 3.63) is 0 Å². The van der Waals surface area contributed by atoms with Crippen LogP contribution in [-0.4, -0.2) is 44.5 Å². The van der Waals surface area contributed by atoms with Gasteiger partial charge in [-0.25, -0.2) is 9.59 Å². The van der Waals surface area contributed by atoms with E-state index in [9.17, 15) is 13.8 Å². The maximum atomic E-state index is 10.6. The first-order valence-corrected chi connectivity index (χ1v) is 5.18. The number of carbonyl (C=O) groups is 2. The molecule has 0 aromatic rings. The van der Waals surface area contributed by atoms with Gasteiger partial charge in [-0.05, 0) is 6.42 Å². The molecule has 13 heavy (non-hydrogen) atoms. The second-order valence-corrected chi connectivity index (χ2v) is 3.96. The number of amides is 1. The average molecular weight is 209 g/mol. The predicted octanol–water partition coefficient (Wildman–Crippen LogP) is -0.524. The van der Waals surface area contributed by atoms with E-state index in [1.54, 1.807) is 0 Å². The zero-order valence-electron chi connectivity index (χ0n) is 7.02. The van der Waals surface area contributed by atoms with Crippen molar-refractivity contribution in [1.29, 1.82) is 0 Å². The molecule has 0 aliphatic carbocycles. The van der Waals surface area contributed by atoms with E-state index in [1.165, 1.54) is 6.26 Å². The number of nitrogens with one attached hydrogen (secondary N) is 1. The van der Waals surface area contributed by atoms with Crippen molar-refractivity contribution in [2.45, 2.75) is 12.5 Å². The van der Waals surface area contributed by atoms with Gasteiger partial charge in [0.05, 0.1) is 0 Å². The van der Waals surface area contributed by atoms with Crippen molar-refractivity contribution in [1.82, 2.24) is 5.32 Å². The van der Waals surface area contributed by atoms with E-state index in [1.807, 2.05) is 5.32 Å². The molecule has 0 aliphatic heterocycles. The highest BCUT2D eigenvalue weighted by Crippen LogP contribution is 1.94. The lowest BCUT2D eigenvalue weighted by Crippen LogP contribution is -2.40. The molecule has 0 radical (unpaired) electrons. The largest absolute Gasteiger partial charge is 0.480 e. The van der Waals surface area contributed by atoms with Crippen LogP contribution in [0.25, 0.3) is 0 Å². The third kappa shape index (κ3) is 6.09. The zero-order chi connectivity index (χ0) is 10.4. The maximum absolute atomic E-state index is 10.6. The summed E-state index contributed by atoms with van der Waals surface area (Å²) in [7, 11) is -1.11. The topological polar surface area (TPSA) is 104 Å². The van der Waals surface area contributed by atoms with Crippen LogP contribution in [-0.2, 0) is 15.6 Å². The van der Waals surface area contributed by atoms with Gasteiger partial charge in [0.2, 0.25) is 0 Å². The summed E-state index contributed by atoms with van der Waals surface area (Å²) in [5, 5.41) is 18.6. The highest BCUT2D eigenvalue weighted by Gasteiger charge is 2.19. The second kappa shape index (κ2) is 5.52. The third-order valence-electron chi connectivity index (χ3n) is 1.29. The molecule has 7 heteroatoms. The molecule has 0 aromatic carbocycles. The van der Waals surface area contributed by atoms with E-state index in [0.29, 0.717) is 0 Å². The molecule has 0 saturated carbocycles. The van der Waals surface area contributed by atoms with Crippen molar-refractivity contribution in [3.63, 3.8) is 0 Å². The van der Waals surface area contributed by atoms with Gasteiger partial charge in [0.15, 0.2) is 0 Å². The fraction of sp³-hybridized carbons (Fsp3) is 0.667. The molecule has 3 N–H and O–H groups in total. The van der Waals surface area contributed by atoms with Gasteiger partial charge in [-0.1, -0.05) is 0 Å². The first kappa shape index (κ1) is 11.9. The minimum Gasteiger partial charge on any atom is -0.480 e. The summed E-state index contributed by atoms with van der Waals surface area (Å²) < 4.78 is 10.6. The summed E-state index contributed by atoms with van der Waals surface area (Å²) in [6.45, 7) is 0. The highest BCUT2D eigenvalue weighted by molar-refractivity contribution is 7.84. The lowest BCUT2D eigenvalue weighted by molar-refractivity contribution is -0.139. The Morgan fingerprint density at radius 2 is 2.00 bits per heavy atom. The normalized spacial score (nSPS) is 14.5. The summed E-state index contributed by atoms with van der Waals surface area (Å²) in [5.41, 5.74) is 0. The zero-order valence-corrected chi connectivity index (χ0v) is 7.84. The summed E-state index contributed by atoms with van der Waals surface area (Å²) in [5.74, 6) is -1.09. The lowest BCUT2D eigenvalue weighted by atomic mass is 10.2. The Kier molecular flexibility index (Phi) is 5.05. The van der Waals surface area contributed by atoms with Crippen molar-refractivity contribution < 1.29 is 24.0 Å². The molecule has 0 saturated heterocycles. The van der Waals surface area contributed by atoms with Crippen molar-refractivity contribution in [2.75, 3.05) is 12.0 Å². The second-order valence-electron chi connectivity index (χ2n) is 2.41. The molecule has 1 amide bonds. The number of carboxylic acid groups (broad SMARTS) is 2. The molecule has 0 rings (SSSR count). The van der Waals surface area contributed by atoms with Crippen LogP contribution in [0.4, 0.5) is 4.79 Å². The Balaban J connectivity index is 4.02. The molecule has 6 nitrogen and oxygen atoms in total. The van der Waals surface area contributed by atoms with Crippen molar-refractivity contribution in [3.8, 4) is 0 Å². The van der Waals surface area contributed by atoms with Gasteiger partial charge in [0, 0.05) is 22.8 Å². The quantitative estimate of drug-likeness (QED) is 0.565. The molecule has 2 unspecified atom stereocenters. The van der Waals surface area contributed by atoms with Crippen LogP contribution in [0.2, 0.25) is 0 Å². The van der Waals surface area contributed by atoms with Crippen LogP contribution in [0, 0.1) is 0 Å². The average Bonchev–Trinajstić information content (AvgIpc) is 1.96. The van der Waals surface area contributed by atoms with Gasteiger partial charge in [-0.3, -0.25) is 4.21 Å². The minimum absolute atomic E-state index is 0.0325.